The molecule has 0 fully saturated rings. The minimum absolute atomic E-state index is 0.0775. The summed E-state index contributed by atoms with van der Waals surface area (Å²) in [4.78, 5) is 30.6. The van der Waals surface area contributed by atoms with Crippen LogP contribution in [0, 0.1) is 0 Å². The number of hydrogen-bond acceptors (Lipinski definition) is 6. The summed E-state index contributed by atoms with van der Waals surface area (Å²) in [5, 5.41) is 10.9. The van der Waals surface area contributed by atoms with Crippen LogP contribution in [0.1, 0.15) is 63.6 Å². The minimum atomic E-state index is -0.731. The van der Waals surface area contributed by atoms with Crippen molar-refractivity contribution in [2.45, 2.75) is 52.5 Å². The van der Waals surface area contributed by atoms with E-state index in [0.29, 0.717) is 36.6 Å². The van der Waals surface area contributed by atoms with Crippen molar-refractivity contribution >= 4 is 17.8 Å². The van der Waals surface area contributed by atoms with Crippen molar-refractivity contribution in [2.75, 3.05) is 39.9 Å². The molecule has 1 amide bonds. The van der Waals surface area contributed by atoms with Gasteiger partial charge in [0, 0.05) is 6.54 Å². The molecule has 1 unspecified atom stereocenters. The van der Waals surface area contributed by atoms with Crippen molar-refractivity contribution in [1.82, 2.24) is 9.80 Å². The number of rotatable bonds is 16. The van der Waals surface area contributed by atoms with E-state index in [2.05, 4.69) is 25.7 Å². The Bertz CT molecular complexity index is 1150. The second-order valence-corrected chi connectivity index (χ2v) is 9.62. The molecular formula is C32H42N2O5. The molecule has 39 heavy (non-hydrogen) atoms. The van der Waals surface area contributed by atoms with E-state index in [4.69, 9.17) is 9.47 Å². The molecule has 7 heteroatoms. The number of allylic oxidation sites excluding steroid dienone is 1. The van der Waals surface area contributed by atoms with Gasteiger partial charge in [0.1, 0.15) is 0 Å². The summed E-state index contributed by atoms with van der Waals surface area (Å²) in [5.41, 5.74) is 1.62. The van der Waals surface area contributed by atoms with Gasteiger partial charge in [-0.15, -0.1) is 0 Å². The van der Waals surface area contributed by atoms with Gasteiger partial charge in [-0.2, -0.15) is 0 Å². The third-order valence-electron chi connectivity index (χ3n) is 7.07. The van der Waals surface area contributed by atoms with Gasteiger partial charge in [-0.05, 0) is 61.8 Å². The molecule has 1 N–H and O–H groups in total. The molecule has 0 radical (unpaired) electrons. The average molecular weight is 535 g/mol. The number of aliphatic hydroxyl groups is 1. The molecule has 2 aromatic carbocycles. The Morgan fingerprint density at radius 2 is 1.77 bits per heavy atom. The molecule has 0 saturated carbocycles. The number of aliphatic hydroxyl groups excluding tert-OH is 1. The number of carbonyl (C=O) groups is 2. The smallest absolute Gasteiger partial charge is 0.290 e. The summed E-state index contributed by atoms with van der Waals surface area (Å²) in [6, 6.07) is 14.2. The lowest BCUT2D eigenvalue weighted by atomic mass is 9.95. The zero-order valence-electron chi connectivity index (χ0n) is 23.7. The van der Waals surface area contributed by atoms with Crippen LogP contribution in [0.2, 0.25) is 0 Å². The maximum absolute atomic E-state index is 13.5. The van der Waals surface area contributed by atoms with Gasteiger partial charge < -0.3 is 24.4 Å². The molecule has 2 aromatic rings. The highest BCUT2D eigenvalue weighted by atomic mass is 16.5. The van der Waals surface area contributed by atoms with E-state index < -0.39 is 23.5 Å². The Kier molecular flexibility index (Phi) is 11.6. The van der Waals surface area contributed by atoms with Crippen LogP contribution in [0.5, 0.6) is 11.5 Å². The first-order valence-electron chi connectivity index (χ1n) is 14.0. The van der Waals surface area contributed by atoms with Crippen molar-refractivity contribution in [3.8, 4) is 11.5 Å². The van der Waals surface area contributed by atoms with Crippen LogP contribution in [-0.2, 0) is 9.59 Å². The second kappa shape index (κ2) is 15.1. The molecule has 7 nitrogen and oxygen atoms in total. The Labute approximate surface area is 232 Å². The Morgan fingerprint density at radius 1 is 1.03 bits per heavy atom. The summed E-state index contributed by atoms with van der Waals surface area (Å²) in [5.74, 6) is -0.295. The van der Waals surface area contributed by atoms with Crippen LogP contribution in [0.15, 0.2) is 65.9 Å². The number of benzene rings is 2. The van der Waals surface area contributed by atoms with E-state index in [-0.39, 0.29) is 5.57 Å². The Balaban J connectivity index is 1.93. The predicted molar refractivity (Wildman–Crippen MR) is 155 cm³/mol. The number of hydrogen-bond donors (Lipinski definition) is 1. The van der Waals surface area contributed by atoms with Crippen molar-refractivity contribution in [2.24, 2.45) is 0 Å². The van der Waals surface area contributed by atoms with Gasteiger partial charge in [0.15, 0.2) is 23.0 Å². The zero-order chi connectivity index (χ0) is 28.2. The number of ether oxygens (including phenoxy) is 2. The summed E-state index contributed by atoms with van der Waals surface area (Å²) >= 11 is 0. The van der Waals surface area contributed by atoms with E-state index in [0.717, 1.165) is 44.5 Å². The fourth-order valence-corrected chi connectivity index (χ4v) is 4.82. The van der Waals surface area contributed by atoms with Gasteiger partial charge in [-0.1, -0.05) is 76.1 Å². The first-order chi connectivity index (χ1) is 18.9. The number of carbonyl (C=O) groups excluding carboxylic acids is 2. The van der Waals surface area contributed by atoms with Gasteiger partial charge in [-0.25, -0.2) is 0 Å². The summed E-state index contributed by atoms with van der Waals surface area (Å²) in [7, 11) is 1.57. The molecule has 0 aliphatic carbocycles. The molecule has 1 heterocycles. The number of ketones is 1. The summed E-state index contributed by atoms with van der Waals surface area (Å²) < 4.78 is 11.6. The van der Waals surface area contributed by atoms with Gasteiger partial charge in [0.2, 0.25) is 0 Å². The number of unbranched alkanes of at least 4 members (excludes halogenated alkanes) is 2. The molecule has 0 saturated heterocycles. The third kappa shape index (κ3) is 7.73. The number of nitrogens with zero attached hydrogens (tertiary/aromatic N) is 2. The van der Waals surface area contributed by atoms with Crippen LogP contribution in [0.4, 0.5) is 0 Å². The number of methoxy groups -OCH3 is 1. The molecule has 210 valence electrons. The highest BCUT2D eigenvalue weighted by Gasteiger charge is 2.42. The largest absolute Gasteiger partial charge is 0.503 e. The van der Waals surface area contributed by atoms with Crippen molar-refractivity contribution in [1.29, 1.82) is 0 Å². The first-order valence-corrected chi connectivity index (χ1v) is 14.0. The maximum Gasteiger partial charge on any atom is 0.290 e. The van der Waals surface area contributed by atoms with Crippen LogP contribution >= 0.6 is 0 Å². The fourth-order valence-electron chi connectivity index (χ4n) is 4.82. The van der Waals surface area contributed by atoms with Crippen LogP contribution in [-0.4, -0.2) is 66.5 Å². The third-order valence-corrected chi connectivity index (χ3v) is 7.07. The average Bonchev–Trinajstić information content (AvgIpc) is 3.22. The van der Waals surface area contributed by atoms with Crippen molar-refractivity contribution in [3.05, 3.63) is 77.1 Å². The van der Waals surface area contributed by atoms with Crippen molar-refractivity contribution < 1.29 is 24.2 Å². The van der Waals surface area contributed by atoms with Crippen molar-refractivity contribution in [3.63, 3.8) is 0 Å². The lowest BCUT2D eigenvalue weighted by molar-refractivity contribution is -0.129. The standard InChI is InChI=1S/C32H42N2O5/c1-5-8-12-22-39-27-19-17-25(23-28(27)38-4)30-29(26(35)18-16-24-14-10-9-11-15-24)31(36)32(37)34(30)21-13-20-33(6-2)7-3/h9-11,14-19,23,30,36H,5-8,12-13,20-22H2,1-4H3/b18-16+. The van der Waals surface area contributed by atoms with E-state index in [9.17, 15) is 14.7 Å². The fraction of sp³-hybridized carbons (Fsp3) is 0.438. The van der Waals surface area contributed by atoms with Crippen LogP contribution in [0.25, 0.3) is 6.08 Å². The molecule has 1 atom stereocenters. The highest BCUT2D eigenvalue weighted by molar-refractivity contribution is 6.14. The highest BCUT2D eigenvalue weighted by Crippen LogP contribution is 2.41. The predicted octanol–water partition coefficient (Wildman–Crippen LogP) is 5.97. The monoisotopic (exact) mass is 534 g/mol. The van der Waals surface area contributed by atoms with Gasteiger partial charge in [0.05, 0.1) is 25.3 Å². The molecule has 1 aliphatic heterocycles. The Hall–Kier alpha value is -3.58. The van der Waals surface area contributed by atoms with Crippen LogP contribution in [0.3, 0.4) is 0 Å². The molecular weight excluding hydrogens is 492 g/mol. The molecule has 0 spiro atoms. The SMILES string of the molecule is CCCCCOc1ccc(C2C(C(=O)/C=C/c3ccccc3)=C(O)C(=O)N2CCCN(CC)CC)cc1OC. The molecule has 3 rings (SSSR count). The normalized spacial score (nSPS) is 15.6. The van der Waals surface area contributed by atoms with Crippen LogP contribution < -0.4 is 9.47 Å². The zero-order valence-corrected chi connectivity index (χ0v) is 23.7. The van der Waals surface area contributed by atoms with Gasteiger partial charge in [-0.3, -0.25) is 9.59 Å². The summed E-state index contributed by atoms with van der Waals surface area (Å²) in [6.07, 6.45) is 6.96. The van der Waals surface area contributed by atoms with E-state index in [1.807, 2.05) is 42.5 Å². The van der Waals surface area contributed by atoms with E-state index in [1.54, 1.807) is 24.2 Å². The van der Waals surface area contributed by atoms with Gasteiger partial charge in [0.25, 0.3) is 5.91 Å². The Morgan fingerprint density at radius 3 is 2.44 bits per heavy atom. The lowest BCUT2D eigenvalue weighted by Gasteiger charge is -2.28. The van der Waals surface area contributed by atoms with Gasteiger partial charge >= 0.3 is 0 Å². The minimum Gasteiger partial charge on any atom is -0.503 e. The number of amides is 1. The topological polar surface area (TPSA) is 79.3 Å². The lowest BCUT2D eigenvalue weighted by Crippen LogP contribution is -2.34. The van der Waals surface area contributed by atoms with E-state index >= 15 is 0 Å². The second-order valence-electron chi connectivity index (χ2n) is 9.62. The maximum atomic E-state index is 13.5. The van der Waals surface area contributed by atoms with E-state index in [1.165, 1.54) is 6.08 Å². The summed E-state index contributed by atoms with van der Waals surface area (Å²) in [6.45, 7) is 9.99. The quantitative estimate of drug-likeness (QED) is 0.211. The molecule has 0 bridgehead atoms. The first kappa shape index (κ1) is 30.0. The molecule has 0 aromatic heterocycles. The molecule has 1 aliphatic rings.